The monoisotopic (exact) mass is 347 g/mol. The Morgan fingerprint density at radius 2 is 1.95 bits per heavy atom. The van der Waals surface area contributed by atoms with Crippen molar-refractivity contribution < 1.29 is 0 Å². The molecule has 0 radical (unpaired) electrons. The van der Waals surface area contributed by atoms with E-state index >= 15 is 0 Å². The highest BCUT2D eigenvalue weighted by Gasteiger charge is 2.15. The largest absolute Gasteiger partial charge is 0.325 e. The molecule has 3 aromatic rings. The third-order valence-corrected chi connectivity index (χ3v) is 4.65. The maximum absolute atomic E-state index is 5.81. The van der Waals surface area contributed by atoms with Gasteiger partial charge in [0.05, 0.1) is 33.6 Å². The molecule has 0 amide bonds. The number of hydrogen-bond acceptors (Lipinski definition) is 3. The summed E-state index contributed by atoms with van der Waals surface area (Å²) in [5.74, 6) is 0. The van der Waals surface area contributed by atoms with Crippen molar-refractivity contribution in [1.29, 1.82) is 0 Å². The van der Waals surface area contributed by atoms with E-state index in [0.717, 1.165) is 38.9 Å². The number of nitrogens with two attached hydrogens (primary N) is 1. The SMILES string of the molecule is CCc1nn(C)c(Cn2nc(CN)c3ccccc32)c1Br. The van der Waals surface area contributed by atoms with E-state index in [9.17, 15) is 0 Å². The Morgan fingerprint density at radius 3 is 2.62 bits per heavy atom. The van der Waals surface area contributed by atoms with Crippen molar-refractivity contribution in [1.82, 2.24) is 19.6 Å². The van der Waals surface area contributed by atoms with Gasteiger partial charge in [0.1, 0.15) is 0 Å². The van der Waals surface area contributed by atoms with Crippen LogP contribution in [0.1, 0.15) is 24.0 Å². The molecule has 0 saturated carbocycles. The van der Waals surface area contributed by atoms with Gasteiger partial charge in [0.2, 0.25) is 0 Å². The van der Waals surface area contributed by atoms with Gasteiger partial charge in [0, 0.05) is 19.0 Å². The molecule has 1 aromatic carbocycles. The Bertz CT molecular complexity index is 787. The summed E-state index contributed by atoms with van der Waals surface area (Å²) in [5, 5.41) is 10.3. The smallest absolute Gasteiger partial charge is 0.0847 e. The van der Waals surface area contributed by atoms with Crippen LogP contribution in [-0.2, 0) is 26.6 Å². The topological polar surface area (TPSA) is 61.7 Å². The van der Waals surface area contributed by atoms with Gasteiger partial charge in [-0.2, -0.15) is 10.2 Å². The van der Waals surface area contributed by atoms with E-state index in [1.165, 1.54) is 0 Å². The second kappa shape index (κ2) is 5.61. The number of hydrogen-bond donors (Lipinski definition) is 1. The maximum Gasteiger partial charge on any atom is 0.0847 e. The molecule has 2 N–H and O–H groups in total. The predicted octanol–water partition coefficient (Wildman–Crippen LogP) is 2.60. The van der Waals surface area contributed by atoms with Crippen molar-refractivity contribution in [3.05, 3.63) is 45.8 Å². The van der Waals surface area contributed by atoms with Crippen LogP contribution in [0.15, 0.2) is 28.7 Å². The third-order valence-electron chi connectivity index (χ3n) is 3.73. The van der Waals surface area contributed by atoms with Crippen LogP contribution in [0.2, 0.25) is 0 Å². The first-order valence-electron chi connectivity index (χ1n) is 7.00. The van der Waals surface area contributed by atoms with E-state index in [0.29, 0.717) is 13.1 Å². The van der Waals surface area contributed by atoms with Gasteiger partial charge in [-0.05, 0) is 28.4 Å². The Kier molecular flexibility index (Phi) is 3.82. The summed E-state index contributed by atoms with van der Waals surface area (Å²) in [7, 11) is 1.97. The lowest BCUT2D eigenvalue weighted by Crippen LogP contribution is -2.08. The molecule has 0 aliphatic heterocycles. The number of nitrogens with zero attached hydrogens (tertiary/aromatic N) is 4. The molecular formula is C15H18BrN5. The number of halogens is 1. The van der Waals surface area contributed by atoms with E-state index in [1.807, 2.05) is 28.5 Å². The maximum atomic E-state index is 5.81. The number of para-hydroxylation sites is 1. The van der Waals surface area contributed by atoms with E-state index in [2.05, 4.69) is 45.2 Å². The lowest BCUT2D eigenvalue weighted by molar-refractivity contribution is 0.623. The van der Waals surface area contributed by atoms with Crippen molar-refractivity contribution in [2.75, 3.05) is 0 Å². The molecule has 0 unspecified atom stereocenters. The van der Waals surface area contributed by atoms with Crippen LogP contribution in [0, 0.1) is 0 Å². The Hall–Kier alpha value is -1.66. The Balaban J connectivity index is 2.08. The molecule has 0 aliphatic rings. The number of benzene rings is 1. The first-order chi connectivity index (χ1) is 10.2. The second-order valence-electron chi connectivity index (χ2n) is 5.01. The molecule has 2 heterocycles. The highest BCUT2D eigenvalue weighted by Crippen LogP contribution is 2.24. The van der Waals surface area contributed by atoms with Crippen molar-refractivity contribution in [2.45, 2.75) is 26.4 Å². The molecule has 110 valence electrons. The first kappa shape index (κ1) is 14.3. The van der Waals surface area contributed by atoms with E-state index in [4.69, 9.17) is 5.73 Å². The van der Waals surface area contributed by atoms with Crippen molar-refractivity contribution in [3.63, 3.8) is 0 Å². The fourth-order valence-electron chi connectivity index (χ4n) is 2.60. The highest BCUT2D eigenvalue weighted by molar-refractivity contribution is 9.10. The van der Waals surface area contributed by atoms with Gasteiger partial charge < -0.3 is 5.73 Å². The average Bonchev–Trinajstić information content (AvgIpc) is 2.99. The molecule has 6 heteroatoms. The van der Waals surface area contributed by atoms with E-state index in [1.54, 1.807) is 0 Å². The fraction of sp³-hybridized carbons (Fsp3) is 0.333. The van der Waals surface area contributed by atoms with Crippen LogP contribution in [0.5, 0.6) is 0 Å². The first-order valence-corrected chi connectivity index (χ1v) is 7.79. The zero-order valence-corrected chi connectivity index (χ0v) is 13.8. The van der Waals surface area contributed by atoms with Crippen LogP contribution in [-0.4, -0.2) is 19.6 Å². The third kappa shape index (κ3) is 2.38. The summed E-state index contributed by atoms with van der Waals surface area (Å²) in [6, 6.07) is 8.18. The number of rotatable bonds is 4. The number of aromatic nitrogens is 4. The molecule has 0 aliphatic carbocycles. The van der Waals surface area contributed by atoms with Gasteiger partial charge in [-0.3, -0.25) is 9.36 Å². The van der Waals surface area contributed by atoms with Gasteiger partial charge >= 0.3 is 0 Å². The van der Waals surface area contributed by atoms with Crippen molar-refractivity contribution in [2.24, 2.45) is 12.8 Å². The minimum atomic E-state index is 0.445. The molecule has 0 saturated heterocycles. The summed E-state index contributed by atoms with van der Waals surface area (Å²) in [4.78, 5) is 0. The number of aryl methyl sites for hydroxylation is 2. The van der Waals surface area contributed by atoms with Gasteiger partial charge in [0.15, 0.2) is 0 Å². The molecule has 0 fully saturated rings. The van der Waals surface area contributed by atoms with Gasteiger partial charge in [0.25, 0.3) is 0 Å². The quantitative estimate of drug-likeness (QED) is 0.788. The second-order valence-corrected chi connectivity index (χ2v) is 5.80. The fourth-order valence-corrected chi connectivity index (χ4v) is 3.34. The average molecular weight is 348 g/mol. The van der Waals surface area contributed by atoms with Crippen molar-refractivity contribution >= 4 is 26.8 Å². The minimum Gasteiger partial charge on any atom is -0.325 e. The van der Waals surface area contributed by atoms with E-state index < -0.39 is 0 Å². The number of fused-ring (bicyclic) bond motifs is 1. The van der Waals surface area contributed by atoms with Crippen LogP contribution in [0.25, 0.3) is 10.9 Å². The molecule has 3 rings (SSSR count). The predicted molar refractivity (Wildman–Crippen MR) is 87.0 cm³/mol. The van der Waals surface area contributed by atoms with Crippen LogP contribution >= 0.6 is 15.9 Å². The summed E-state index contributed by atoms with van der Waals surface area (Å²) in [6.45, 7) is 3.22. The molecule has 0 spiro atoms. The molecular weight excluding hydrogens is 330 g/mol. The Morgan fingerprint density at radius 1 is 1.19 bits per heavy atom. The summed E-state index contributed by atoms with van der Waals surface area (Å²) in [6.07, 6.45) is 0.905. The molecule has 21 heavy (non-hydrogen) atoms. The normalized spacial score (nSPS) is 11.4. The summed E-state index contributed by atoms with van der Waals surface area (Å²) in [5.41, 5.74) is 10.0. The van der Waals surface area contributed by atoms with E-state index in [-0.39, 0.29) is 0 Å². The summed E-state index contributed by atoms with van der Waals surface area (Å²) < 4.78 is 4.99. The molecule has 2 aromatic heterocycles. The minimum absolute atomic E-state index is 0.445. The zero-order valence-electron chi connectivity index (χ0n) is 12.2. The molecule has 0 atom stereocenters. The van der Waals surface area contributed by atoms with Crippen molar-refractivity contribution in [3.8, 4) is 0 Å². The Labute approximate surface area is 131 Å². The highest BCUT2D eigenvalue weighted by atomic mass is 79.9. The summed E-state index contributed by atoms with van der Waals surface area (Å²) >= 11 is 3.66. The lowest BCUT2D eigenvalue weighted by Gasteiger charge is -2.05. The van der Waals surface area contributed by atoms with Gasteiger partial charge in [-0.1, -0.05) is 25.1 Å². The van der Waals surface area contributed by atoms with Gasteiger partial charge in [-0.15, -0.1) is 0 Å². The van der Waals surface area contributed by atoms with Crippen LogP contribution in [0.3, 0.4) is 0 Å². The standard InChI is InChI=1S/C15H18BrN5/c1-3-11-15(16)14(20(2)18-11)9-21-13-7-5-4-6-10(13)12(8-17)19-21/h4-7H,3,8-9,17H2,1-2H3. The van der Waals surface area contributed by atoms with Crippen LogP contribution in [0.4, 0.5) is 0 Å². The molecule has 5 nitrogen and oxygen atoms in total. The lowest BCUT2D eigenvalue weighted by atomic mass is 10.2. The zero-order chi connectivity index (χ0) is 15.0. The molecule has 0 bridgehead atoms. The van der Waals surface area contributed by atoms with Crippen LogP contribution < -0.4 is 5.73 Å². The van der Waals surface area contributed by atoms with Gasteiger partial charge in [-0.25, -0.2) is 0 Å².